The molecule has 1 unspecified atom stereocenters. The molecule has 1 atom stereocenters. The van der Waals surface area contributed by atoms with Crippen molar-refractivity contribution < 1.29 is 9.21 Å². The molecule has 6 heteroatoms. The fourth-order valence-corrected chi connectivity index (χ4v) is 1.94. The number of carbonyl (C=O) groups is 1. The van der Waals surface area contributed by atoms with Crippen molar-refractivity contribution in [3.05, 3.63) is 54.0 Å². The van der Waals surface area contributed by atoms with Crippen LogP contribution in [0.15, 0.2) is 47.1 Å². The summed E-state index contributed by atoms with van der Waals surface area (Å²) in [7, 11) is 3.89. The van der Waals surface area contributed by atoms with E-state index in [9.17, 15) is 4.79 Å². The number of hydrogen-bond donors (Lipinski definition) is 2. The number of likely N-dealkylation sites (N-methyl/N-ethyl adjacent to an activating group) is 1. The minimum atomic E-state index is -0.122. The van der Waals surface area contributed by atoms with Gasteiger partial charge in [-0.05, 0) is 50.5 Å². The molecular formula is C15H20ClN3O2. The Balaban J connectivity index is 0.00000220. The summed E-state index contributed by atoms with van der Waals surface area (Å²) in [5.41, 5.74) is 6.84. The van der Waals surface area contributed by atoms with Gasteiger partial charge in [0, 0.05) is 17.8 Å². The predicted octanol–water partition coefficient (Wildman–Crippen LogP) is 2.32. The van der Waals surface area contributed by atoms with Gasteiger partial charge in [0.25, 0.3) is 5.91 Å². The highest BCUT2D eigenvalue weighted by Gasteiger charge is 2.18. The zero-order valence-electron chi connectivity index (χ0n) is 12.1. The van der Waals surface area contributed by atoms with Crippen LogP contribution >= 0.6 is 12.4 Å². The SMILES string of the molecule is CN(C)C(CNC(=O)c1ccc(N)cc1)c1ccco1.Cl. The van der Waals surface area contributed by atoms with Gasteiger partial charge >= 0.3 is 0 Å². The summed E-state index contributed by atoms with van der Waals surface area (Å²) in [6.07, 6.45) is 1.63. The number of carbonyl (C=O) groups excluding carboxylic acids is 1. The number of benzene rings is 1. The Morgan fingerprint density at radius 2 is 1.95 bits per heavy atom. The van der Waals surface area contributed by atoms with E-state index in [1.54, 1.807) is 30.5 Å². The van der Waals surface area contributed by atoms with Gasteiger partial charge < -0.3 is 15.5 Å². The molecule has 21 heavy (non-hydrogen) atoms. The molecular weight excluding hydrogens is 290 g/mol. The van der Waals surface area contributed by atoms with Gasteiger partial charge in [-0.15, -0.1) is 12.4 Å². The maximum Gasteiger partial charge on any atom is 0.251 e. The number of amides is 1. The third kappa shape index (κ3) is 4.51. The molecule has 1 aromatic heterocycles. The van der Waals surface area contributed by atoms with E-state index >= 15 is 0 Å². The average Bonchev–Trinajstić information content (AvgIpc) is 2.93. The maximum atomic E-state index is 12.1. The number of nitrogens with zero attached hydrogens (tertiary/aromatic N) is 1. The lowest BCUT2D eigenvalue weighted by atomic mass is 10.1. The van der Waals surface area contributed by atoms with Crippen molar-refractivity contribution in [1.82, 2.24) is 10.2 Å². The standard InChI is InChI=1S/C15H19N3O2.ClH/c1-18(2)13(14-4-3-9-20-14)10-17-15(19)11-5-7-12(16)8-6-11;/h3-9,13H,10,16H2,1-2H3,(H,17,19);1H. The van der Waals surface area contributed by atoms with Crippen LogP contribution in [0.3, 0.4) is 0 Å². The van der Waals surface area contributed by atoms with E-state index in [2.05, 4.69) is 5.32 Å². The van der Waals surface area contributed by atoms with Gasteiger partial charge in [0.2, 0.25) is 0 Å². The molecule has 2 rings (SSSR count). The summed E-state index contributed by atoms with van der Waals surface area (Å²) < 4.78 is 5.40. The normalized spacial score (nSPS) is 11.8. The Morgan fingerprint density at radius 3 is 2.48 bits per heavy atom. The van der Waals surface area contributed by atoms with E-state index < -0.39 is 0 Å². The zero-order valence-corrected chi connectivity index (χ0v) is 12.9. The van der Waals surface area contributed by atoms with Crippen LogP contribution in [0.25, 0.3) is 0 Å². The minimum absolute atomic E-state index is 0. The first-order valence-corrected chi connectivity index (χ1v) is 6.41. The van der Waals surface area contributed by atoms with Crippen LogP contribution in [0.2, 0.25) is 0 Å². The lowest BCUT2D eigenvalue weighted by Gasteiger charge is -2.22. The number of hydrogen-bond acceptors (Lipinski definition) is 4. The van der Waals surface area contributed by atoms with Crippen LogP contribution < -0.4 is 11.1 Å². The number of nitrogens with one attached hydrogen (secondary N) is 1. The second-order valence-corrected chi connectivity index (χ2v) is 4.83. The topological polar surface area (TPSA) is 71.5 Å². The Hall–Kier alpha value is -1.98. The molecule has 2 aromatic rings. The van der Waals surface area contributed by atoms with Gasteiger partial charge in [-0.25, -0.2) is 0 Å². The quantitative estimate of drug-likeness (QED) is 0.832. The van der Waals surface area contributed by atoms with Gasteiger partial charge in [0.1, 0.15) is 5.76 Å². The molecule has 114 valence electrons. The Kier molecular flexibility index (Phi) is 6.27. The number of nitrogens with two attached hydrogens (primary N) is 1. The fraction of sp³-hybridized carbons (Fsp3) is 0.267. The van der Waals surface area contributed by atoms with Gasteiger partial charge in [0.15, 0.2) is 0 Å². The first-order chi connectivity index (χ1) is 9.58. The molecule has 3 N–H and O–H groups in total. The summed E-state index contributed by atoms with van der Waals surface area (Å²) >= 11 is 0. The molecule has 5 nitrogen and oxygen atoms in total. The molecule has 0 aliphatic heterocycles. The van der Waals surface area contributed by atoms with Crippen LogP contribution in [0.4, 0.5) is 5.69 Å². The van der Waals surface area contributed by atoms with Crippen LogP contribution in [0.5, 0.6) is 0 Å². The van der Waals surface area contributed by atoms with Crippen molar-refractivity contribution >= 4 is 24.0 Å². The molecule has 1 amide bonds. The maximum absolute atomic E-state index is 12.1. The zero-order chi connectivity index (χ0) is 14.5. The average molecular weight is 310 g/mol. The van der Waals surface area contributed by atoms with E-state index in [0.717, 1.165) is 5.76 Å². The number of rotatable bonds is 5. The van der Waals surface area contributed by atoms with Crippen molar-refractivity contribution in [2.45, 2.75) is 6.04 Å². The first kappa shape index (κ1) is 17.1. The molecule has 0 aliphatic rings. The van der Waals surface area contributed by atoms with Crippen molar-refractivity contribution in [2.24, 2.45) is 0 Å². The molecule has 0 saturated heterocycles. The lowest BCUT2D eigenvalue weighted by molar-refractivity contribution is 0.0939. The monoisotopic (exact) mass is 309 g/mol. The smallest absolute Gasteiger partial charge is 0.251 e. The molecule has 0 radical (unpaired) electrons. The highest BCUT2D eigenvalue weighted by molar-refractivity contribution is 5.94. The molecule has 0 aliphatic carbocycles. The largest absolute Gasteiger partial charge is 0.468 e. The van der Waals surface area contributed by atoms with Gasteiger partial charge in [-0.2, -0.15) is 0 Å². The number of nitrogen functional groups attached to an aromatic ring is 1. The van der Waals surface area contributed by atoms with Gasteiger partial charge in [-0.1, -0.05) is 0 Å². The second kappa shape index (κ2) is 7.71. The summed E-state index contributed by atoms with van der Waals surface area (Å²) in [4.78, 5) is 14.1. The highest BCUT2D eigenvalue weighted by Crippen LogP contribution is 2.17. The highest BCUT2D eigenvalue weighted by atomic mass is 35.5. The minimum Gasteiger partial charge on any atom is -0.468 e. The second-order valence-electron chi connectivity index (χ2n) is 4.83. The first-order valence-electron chi connectivity index (χ1n) is 6.41. The van der Waals surface area contributed by atoms with Crippen LogP contribution in [0.1, 0.15) is 22.2 Å². The van der Waals surface area contributed by atoms with Crippen LogP contribution in [-0.4, -0.2) is 31.4 Å². The third-order valence-corrected chi connectivity index (χ3v) is 3.12. The Labute approximate surface area is 130 Å². The van der Waals surface area contributed by atoms with E-state index in [1.165, 1.54) is 0 Å². The molecule has 1 aromatic carbocycles. The summed E-state index contributed by atoms with van der Waals surface area (Å²) in [5, 5.41) is 2.91. The number of furan rings is 1. The fourth-order valence-electron chi connectivity index (χ4n) is 1.94. The lowest BCUT2D eigenvalue weighted by Crippen LogP contribution is -2.34. The van der Waals surface area contributed by atoms with E-state index in [4.69, 9.17) is 10.2 Å². The van der Waals surface area contributed by atoms with E-state index in [0.29, 0.717) is 17.8 Å². The van der Waals surface area contributed by atoms with Crippen LogP contribution in [0, 0.1) is 0 Å². The molecule has 1 heterocycles. The van der Waals surface area contributed by atoms with E-state index in [-0.39, 0.29) is 24.4 Å². The predicted molar refractivity (Wildman–Crippen MR) is 85.6 cm³/mol. The number of anilines is 1. The molecule has 0 spiro atoms. The molecule has 0 bridgehead atoms. The van der Waals surface area contributed by atoms with Crippen molar-refractivity contribution in [3.63, 3.8) is 0 Å². The van der Waals surface area contributed by atoms with Crippen LogP contribution in [-0.2, 0) is 0 Å². The van der Waals surface area contributed by atoms with Crippen molar-refractivity contribution in [1.29, 1.82) is 0 Å². The number of halogens is 1. The summed E-state index contributed by atoms with van der Waals surface area (Å²) in [6, 6.07) is 10.6. The van der Waals surface area contributed by atoms with E-state index in [1.807, 2.05) is 31.1 Å². The third-order valence-electron chi connectivity index (χ3n) is 3.12. The summed E-state index contributed by atoms with van der Waals surface area (Å²) in [6.45, 7) is 0.476. The molecule has 0 saturated carbocycles. The van der Waals surface area contributed by atoms with Gasteiger partial charge in [0.05, 0.1) is 12.3 Å². The molecule has 0 fully saturated rings. The van der Waals surface area contributed by atoms with Crippen molar-refractivity contribution in [3.8, 4) is 0 Å². The van der Waals surface area contributed by atoms with Gasteiger partial charge in [-0.3, -0.25) is 9.69 Å². The Morgan fingerprint density at radius 1 is 1.29 bits per heavy atom. The van der Waals surface area contributed by atoms with Crippen molar-refractivity contribution in [2.75, 3.05) is 26.4 Å². The Bertz CT molecular complexity index is 553. The summed E-state index contributed by atoms with van der Waals surface area (Å²) in [5.74, 6) is 0.705.